The fraction of sp³-hybridized carbons (Fsp3) is 0.938. The third-order valence-corrected chi connectivity index (χ3v) is 3.36. The normalized spacial score (nSPS) is 14.1. The second-order valence-electron chi connectivity index (χ2n) is 7.63. The summed E-state index contributed by atoms with van der Waals surface area (Å²) in [4.78, 5) is 5.49. The molecule has 0 N–H and O–H groups in total. The van der Waals surface area contributed by atoms with Gasteiger partial charge in [0, 0.05) is 12.0 Å². The quantitative estimate of drug-likeness (QED) is 0.261. The zero-order chi connectivity index (χ0) is 18.1. The van der Waals surface area contributed by atoms with Crippen LogP contribution in [0.5, 0.6) is 0 Å². The van der Waals surface area contributed by atoms with E-state index < -0.39 is 10.1 Å². The van der Waals surface area contributed by atoms with E-state index in [4.69, 9.17) is 9.57 Å². The highest BCUT2D eigenvalue weighted by Gasteiger charge is 2.21. The third-order valence-electron chi connectivity index (χ3n) is 2.76. The molecule has 0 aromatic carbocycles. The fourth-order valence-corrected chi connectivity index (χ4v) is 1.85. The van der Waals surface area contributed by atoms with Crippen LogP contribution in [-0.2, 0) is 23.9 Å². The van der Waals surface area contributed by atoms with E-state index in [1.165, 1.54) is 0 Å². The molecule has 0 aliphatic carbocycles. The number of hydrogen-bond donors (Lipinski definition) is 0. The van der Waals surface area contributed by atoms with Crippen LogP contribution in [0, 0.1) is 5.41 Å². The van der Waals surface area contributed by atoms with Gasteiger partial charge < -0.3 is 9.57 Å². The molecule has 0 bridgehead atoms. The highest BCUT2D eigenvalue weighted by atomic mass is 32.2. The Hall–Kier alpha value is -0.660. The van der Waals surface area contributed by atoms with Crippen molar-refractivity contribution in [3.05, 3.63) is 0 Å². The molecule has 0 heterocycles. The Morgan fingerprint density at radius 3 is 2.00 bits per heavy atom. The van der Waals surface area contributed by atoms with Crippen LogP contribution in [0.3, 0.4) is 0 Å². The van der Waals surface area contributed by atoms with Crippen LogP contribution in [0.15, 0.2) is 5.16 Å². The molecule has 23 heavy (non-hydrogen) atoms. The molecule has 0 unspecified atom stereocenters. The first-order valence-electron chi connectivity index (χ1n) is 7.99. The van der Waals surface area contributed by atoms with Gasteiger partial charge in [-0.1, -0.05) is 25.9 Å². The summed E-state index contributed by atoms with van der Waals surface area (Å²) in [7, 11) is -3.33. The van der Waals surface area contributed by atoms with Gasteiger partial charge in [0.1, 0.15) is 5.60 Å². The van der Waals surface area contributed by atoms with Gasteiger partial charge in [-0.05, 0) is 40.0 Å². The van der Waals surface area contributed by atoms with Crippen molar-refractivity contribution in [2.75, 3.05) is 26.1 Å². The molecular weight excluding hydrogens is 318 g/mol. The van der Waals surface area contributed by atoms with Crippen molar-refractivity contribution in [3.63, 3.8) is 0 Å². The van der Waals surface area contributed by atoms with Crippen molar-refractivity contribution >= 4 is 15.8 Å². The molecule has 0 atom stereocenters. The monoisotopic (exact) mass is 351 g/mol. The van der Waals surface area contributed by atoms with Crippen LogP contribution in [0.2, 0.25) is 0 Å². The summed E-state index contributed by atoms with van der Waals surface area (Å²) in [5, 5.41) is 4.25. The highest BCUT2D eigenvalue weighted by Crippen LogP contribution is 2.18. The maximum atomic E-state index is 10.8. The minimum Gasteiger partial charge on any atom is -0.390 e. The van der Waals surface area contributed by atoms with E-state index in [9.17, 15) is 8.42 Å². The number of oxime groups is 1. The van der Waals surface area contributed by atoms with E-state index >= 15 is 0 Å². The summed E-state index contributed by atoms with van der Waals surface area (Å²) in [6, 6.07) is 0. The first-order chi connectivity index (χ1) is 10.3. The summed E-state index contributed by atoms with van der Waals surface area (Å²) >= 11 is 0. The van der Waals surface area contributed by atoms with Gasteiger partial charge in [0.2, 0.25) is 0 Å². The first kappa shape index (κ1) is 22.3. The van der Waals surface area contributed by atoms with Gasteiger partial charge in [0.15, 0.2) is 0 Å². The summed E-state index contributed by atoms with van der Waals surface area (Å²) in [6.45, 7) is 13.3. The van der Waals surface area contributed by atoms with Crippen LogP contribution in [0.4, 0.5) is 0 Å². The molecule has 0 rings (SSSR count). The molecule has 0 aromatic rings. The standard InChI is InChI=1S/C16H33NO5S/c1-15(2,3)14(17-22-16(4,5)6)13-20-11-9-8-10-12-21-23(7,18)19/h8-13H2,1-7H3. The number of unbranched alkanes of at least 4 members (excludes halogenated alkanes) is 2. The summed E-state index contributed by atoms with van der Waals surface area (Å²) in [6.07, 6.45) is 3.47. The molecule has 0 radical (unpaired) electrons. The summed E-state index contributed by atoms with van der Waals surface area (Å²) < 4.78 is 31.9. The molecular formula is C16H33NO5S. The molecule has 0 spiro atoms. The second kappa shape index (κ2) is 9.59. The molecule has 0 amide bonds. The van der Waals surface area contributed by atoms with Crippen molar-refractivity contribution < 1.29 is 22.2 Å². The number of hydrogen-bond acceptors (Lipinski definition) is 6. The predicted molar refractivity (Wildman–Crippen MR) is 93.2 cm³/mol. The minimum absolute atomic E-state index is 0.116. The van der Waals surface area contributed by atoms with E-state index in [-0.39, 0.29) is 17.6 Å². The Kier molecular flexibility index (Phi) is 9.32. The maximum Gasteiger partial charge on any atom is 0.264 e. The Labute approximate surface area is 141 Å². The van der Waals surface area contributed by atoms with Crippen LogP contribution >= 0.6 is 0 Å². The maximum absolute atomic E-state index is 10.8. The lowest BCUT2D eigenvalue weighted by atomic mass is 9.90. The van der Waals surface area contributed by atoms with E-state index in [0.717, 1.165) is 24.8 Å². The van der Waals surface area contributed by atoms with Gasteiger partial charge in [0.05, 0.1) is 25.2 Å². The predicted octanol–water partition coefficient (Wildman–Crippen LogP) is 3.37. The second-order valence-corrected chi connectivity index (χ2v) is 9.27. The van der Waals surface area contributed by atoms with Crippen molar-refractivity contribution in [2.45, 2.75) is 66.4 Å². The smallest absolute Gasteiger partial charge is 0.264 e. The Morgan fingerprint density at radius 1 is 0.957 bits per heavy atom. The van der Waals surface area contributed by atoms with Gasteiger partial charge >= 0.3 is 0 Å². The molecule has 0 aromatic heterocycles. The van der Waals surface area contributed by atoms with Crippen LogP contribution in [0.25, 0.3) is 0 Å². The molecule has 138 valence electrons. The van der Waals surface area contributed by atoms with Gasteiger partial charge in [0.25, 0.3) is 10.1 Å². The zero-order valence-corrected chi connectivity index (χ0v) is 16.5. The lowest BCUT2D eigenvalue weighted by Crippen LogP contribution is -2.28. The number of ether oxygens (including phenoxy) is 1. The average Bonchev–Trinajstić information content (AvgIpc) is 2.31. The fourth-order valence-electron chi connectivity index (χ4n) is 1.43. The lowest BCUT2D eigenvalue weighted by Gasteiger charge is -2.23. The number of nitrogens with zero attached hydrogens (tertiary/aromatic N) is 1. The van der Waals surface area contributed by atoms with Gasteiger partial charge in [-0.25, -0.2) is 0 Å². The number of rotatable bonds is 10. The van der Waals surface area contributed by atoms with Crippen LogP contribution in [-0.4, -0.2) is 45.8 Å². The van der Waals surface area contributed by atoms with Gasteiger partial charge in [-0.15, -0.1) is 0 Å². The Morgan fingerprint density at radius 2 is 1.52 bits per heavy atom. The molecule has 0 aliphatic rings. The van der Waals surface area contributed by atoms with E-state index in [2.05, 4.69) is 30.1 Å². The molecule has 0 aliphatic heterocycles. The van der Waals surface area contributed by atoms with Crippen molar-refractivity contribution in [3.8, 4) is 0 Å². The topological polar surface area (TPSA) is 74.2 Å². The van der Waals surface area contributed by atoms with Crippen molar-refractivity contribution in [2.24, 2.45) is 10.6 Å². The van der Waals surface area contributed by atoms with Crippen LogP contribution < -0.4 is 0 Å². The van der Waals surface area contributed by atoms with Gasteiger partial charge in [-0.2, -0.15) is 8.42 Å². The van der Waals surface area contributed by atoms with E-state index in [0.29, 0.717) is 19.6 Å². The van der Waals surface area contributed by atoms with Gasteiger partial charge in [-0.3, -0.25) is 4.18 Å². The van der Waals surface area contributed by atoms with Crippen molar-refractivity contribution in [1.29, 1.82) is 0 Å². The van der Waals surface area contributed by atoms with E-state index in [1.54, 1.807) is 0 Å². The summed E-state index contributed by atoms with van der Waals surface area (Å²) in [5.74, 6) is 0. The van der Waals surface area contributed by atoms with Crippen molar-refractivity contribution in [1.82, 2.24) is 0 Å². The molecule has 7 heteroatoms. The molecule has 0 saturated carbocycles. The lowest BCUT2D eigenvalue weighted by molar-refractivity contribution is -0.00225. The average molecular weight is 352 g/mol. The van der Waals surface area contributed by atoms with E-state index in [1.807, 2.05) is 20.8 Å². The highest BCUT2D eigenvalue weighted by molar-refractivity contribution is 7.85. The molecule has 0 saturated heterocycles. The zero-order valence-electron chi connectivity index (χ0n) is 15.6. The largest absolute Gasteiger partial charge is 0.390 e. The third kappa shape index (κ3) is 14.7. The Balaban J connectivity index is 4.02. The molecule has 6 nitrogen and oxygen atoms in total. The minimum atomic E-state index is -3.33. The molecule has 0 fully saturated rings. The SMILES string of the molecule is CC(C)(C)ON=C(COCCCCCOS(C)(=O)=O)C(C)(C)C. The Bertz CT molecular complexity index is 458. The first-order valence-corrected chi connectivity index (χ1v) is 9.80. The van der Waals surface area contributed by atoms with Crippen LogP contribution in [0.1, 0.15) is 60.8 Å². The summed E-state index contributed by atoms with van der Waals surface area (Å²) in [5.41, 5.74) is 0.429.